The zero-order chi connectivity index (χ0) is 14.0. The van der Waals surface area contributed by atoms with Crippen molar-refractivity contribution in [1.29, 1.82) is 0 Å². The van der Waals surface area contributed by atoms with Gasteiger partial charge in [-0.25, -0.2) is 0 Å². The summed E-state index contributed by atoms with van der Waals surface area (Å²) in [5, 5.41) is 12.5. The predicted octanol–water partition coefficient (Wildman–Crippen LogP) is 4.37. The number of hydrogen-bond donors (Lipinski definition) is 2. The van der Waals surface area contributed by atoms with E-state index in [0.717, 1.165) is 10.0 Å². The van der Waals surface area contributed by atoms with Crippen LogP contribution >= 0.6 is 27.5 Å². The largest absolute Gasteiger partial charge is 0.508 e. The van der Waals surface area contributed by atoms with Gasteiger partial charge in [-0.3, -0.25) is 4.79 Å². The minimum Gasteiger partial charge on any atom is -0.508 e. The van der Waals surface area contributed by atoms with Crippen LogP contribution in [0.1, 0.15) is 15.9 Å². The molecule has 0 bridgehead atoms. The fraction of sp³-hybridized carbons (Fsp3) is 0.0714. The molecule has 0 radical (unpaired) electrons. The maximum Gasteiger partial charge on any atom is 0.257 e. The Balaban J connectivity index is 2.25. The van der Waals surface area contributed by atoms with Gasteiger partial charge in [0.2, 0.25) is 0 Å². The van der Waals surface area contributed by atoms with Crippen LogP contribution in [0.3, 0.4) is 0 Å². The van der Waals surface area contributed by atoms with Gasteiger partial charge in [-0.05, 0) is 48.9 Å². The van der Waals surface area contributed by atoms with Crippen LogP contribution in [-0.2, 0) is 0 Å². The third-order valence-electron chi connectivity index (χ3n) is 2.63. The standard InChI is InChI=1S/C14H11BrClNO2/c1-8-6-10(18)3-5-13(8)17-14(19)11-4-2-9(15)7-12(11)16/h2-7,18H,1H3,(H,17,19). The molecule has 0 heterocycles. The first kappa shape index (κ1) is 13.9. The molecular weight excluding hydrogens is 330 g/mol. The second-order valence-electron chi connectivity index (χ2n) is 4.08. The van der Waals surface area contributed by atoms with E-state index >= 15 is 0 Å². The molecule has 1 amide bonds. The molecule has 19 heavy (non-hydrogen) atoms. The summed E-state index contributed by atoms with van der Waals surface area (Å²) in [5.41, 5.74) is 1.82. The van der Waals surface area contributed by atoms with Gasteiger partial charge in [0.1, 0.15) is 5.75 Å². The van der Waals surface area contributed by atoms with Crippen molar-refractivity contribution >= 4 is 39.1 Å². The van der Waals surface area contributed by atoms with Gasteiger partial charge in [-0.2, -0.15) is 0 Å². The molecule has 0 spiro atoms. The average Bonchev–Trinajstić information content (AvgIpc) is 2.32. The Morgan fingerprint density at radius 3 is 2.63 bits per heavy atom. The highest BCUT2D eigenvalue weighted by molar-refractivity contribution is 9.10. The molecule has 0 aliphatic heterocycles. The van der Waals surface area contributed by atoms with Crippen molar-refractivity contribution in [3.63, 3.8) is 0 Å². The number of phenols is 1. The summed E-state index contributed by atoms with van der Waals surface area (Å²) in [7, 11) is 0. The number of anilines is 1. The van der Waals surface area contributed by atoms with Crippen molar-refractivity contribution in [3.05, 3.63) is 57.0 Å². The van der Waals surface area contributed by atoms with Gasteiger partial charge in [0.15, 0.2) is 0 Å². The minimum atomic E-state index is -0.286. The second-order valence-corrected chi connectivity index (χ2v) is 5.40. The van der Waals surface area contributed by atoms with Crippen molar-refractivity contribution < 1.29 is 9.90 Å². The van der Waals surface area contributed by atoms with E-state index < -0.39 is 0 Å². The van der Waals surface area contributed by atoms with E-state index in [4.69, 9.17) is 11.6 Å². The van der Waals surface area contributed by atoms with Crippen molar-refractivity contribution in [2.45, 2.75) is 6.92 Å². The Morgan fingerprint density at radius 1 is 1.26 bits per heavy atom. The van der Waals surface area contributed by atoms with Crippen LogP contribution in [0, 0.1) is 6.92 Å². The van der Waals surface area contributed by atoms with Crippen LogP contribution < -0.4 is 5.32 Å². The molecule has 0 atom stereocenters. The molecule has 5 heteroatoms. The van der Waals surface area contributed by atoms with E-state index in [9.17, 15) is 9.90 Å². The second kappa shape index (κ2) is 5.63. The van der Waals surface area contributed by atoms with Crippen LogP contribution in [0.5, 0.6) is 5.75 Å². The Bertz CT molecular complexity index is 643. The maximum absolute atomic E-state index is 12.1. The molecule has 2 aromatic rings. The van der Waals surface area contributed by atoms with Gasteiger partial charge in [0.05, 0.1) is 10.6 Å². The molecule has 0 saturated carbocycles. The van der Waals surface area contributed by atoms with Crippen LogP contribution in [0.2, 0.25) is 5.02 Å². The van der Waals surface area contributed by atoms with Gasteiger partial charge in [0.25, 0.3) is 5.91 Å². The first-order valence-electron chi connectivity index (χ1n) is 5.53. The zero-order valence-electron chi connectivity index (χ0n) is 10.1. The van der Waals surface area contributed by atoms with E-state index in [-0.39, 0.29) is 11.7 Å². The van der Waals surface area contributed by atoms with Gasteiger partial charge >= 0.3 is 0 Å². The van der Waals surface area contributed by atoms with Crippen molar-refractivity contribution in [2.24, 2.45) is 0 Å². The number of benzene rings is 2. The molecule has 0 aromatic heterocycles. The summed E-state index contributed by atoms with van der Waals surface area (Å²) < 4.78 is 0.815. The first-order chi connectivity index (χ1) is 8.97. The van der Waals surface area contributed by atoms with Crippen molar-refractivity contribution in [3.8, 4) is 5.75 Å². The lowest BCUT2D eigenvalue weighted by molar-refractivity contribution is 0.102. The third kappa shape index (κ3) is 3.28. The van der Waals surface area contributed by atoms with Gasteiger partial charge in [-0.1, -0.05) is 27.5 Å². The molecule has 98 valence electrons. The number of aryl methyl sites for hydroxylation is 1. The molecule has 0 aliphatic rings. The molecule has 0 fully saturated rings. The number of hydrogen-bond acceptors (Lipinski definition) is 2. The number of halogens is 2. The van der Waals surface area contributed by atoms with E-state index in [1.165, 1.54) is 6.07 Å². The van der Waals surface area contributed by atoms with E-state index in [1.54, 1.807) is 37.3 Å². The Kier molecular flexibility index (Phi) is 4.12. The average molecular weight is 341 g/mol. The summed E-state index contributed by atoms with van der Waals surface area (Å²) in [6.45, 7) is 1.80. The maximum atomic E-state index is 12.1. The Morgan fingerprint density at radius 2 is 2.00 bits per heavy atom. The topological polar surface area (TPSA) is 49.3 Å². The van der Waals surface area contributed by atoms with E-state index in [0.29, 0.717) is 16.3 Å². The number of phenolic OH excluding ortho intramolecular Hbond substituents is 1. The molecule has 0 saturated heterocycles. The van der Waals surface area contributed by atoms with Crippen LogP contribution in [0.15, 0.2) is 40.9 Å². The van der Waals surface area contributed by atoms with Crippen LogP contribution in [0.25, 0.3) is 0 Å². The Labute approximate surface area is 124 Å². The molecular formula is C14H11BrClNO2. The number of amides is 1. The number of aromatic hydroxyl groups is 1. The highest BCUT2D eigenvalue weighted by atomic mass is 79.9. The molecule has 0 unspecified atom stereocenters. The monoisotopic (exact) mass is 339 g/mol. The fourth-order valence-electron chi connectivity index (χ4n) is 1.65. The van der Waals surface area contributed by atoms with E-state index in [2.05, 4.69) is 21.2 Å². The third-order valence-corrected chi connectivity index (χ3v) is 3.44. The zero-order valence-corrected chi connectivity index (χ0v) is 12.4. The molecule has 2 rings (SSSR count). The van der Waals surface area contributed by atoms with Crippen LogP contribution in [0.4, 0.5) is 5.69 Å². The summed E-state index contributed by atoms with van der Waals surface area (Å²) >= 11 is 9.31. The lowest BCUT2D eigenvalue weighted by atomic mass is 10.1. The number of carbonyl (C=O) groups excluding carboxylic acids is 1. The number of rotatable bonds is 2. The van der Waals surface area contributed by atoms with Crippen molar-refractivity contribution in [1.82, 2.24) is 0 Å². The highest BCUT2D eigenvalue weighted by Crippen LogP contribution is 2.24. The SMILES string of the molecule is Cc1cc(O)ccc1NC(=O)c1ccc(Br)cc1Cl. The smallest absolute Gasteiger partial charge is 0.257 e. The number of nitrogens with one attached hydrogen (secondary N) is 1. The first-order valence-corrected chi connectivity index (χ1v) is 6.70. The normalized spacial score (nSPS) is 10.3. The van der Waals surface area contributed by atoms with E-state index in [1.807, 2.05) is 0 Å². The quantitative estimate of drug-likeness (QED) is 0.798. The summed E-state index contributed by atoms with van der Waals surface area (Å²) in [6, 6.07) is 9.82. The van der Waals surface area contributed by atoms with Gasteiger partial charge < -0.3 is 10.4 Å². The summed E-state index contributed by atoms with van der Waals surface area (Å²) in [5.74, 6) is -0.122. The lowest BCUT2D eigenvalue weighted by Crippen LogP contribution is -2.13. The predicted molar refractivity (Wildman–Crippen MR) is 79.9 cm³/mol. The molecule has 2 N–H and O–H groups in total. The fourth-order valence-corrected chi connectivity index (χ4v) is 2.41. The minimum absolute atomic E-state index is 0.164. The van der Waals surface area contributed by atoms with Gasteiger partial charge in [0, 0.05) is 10.2 Å². The molecule has 0 aliphatic carbocycles. The molecule has 3 nitrogen and oxygen atoms in total. The Hall–Kier alpha value is -1.52. The van der Waals surface area contributed by atoms with Crippen LogP contribution in [-0.4, -0.2) is 11.0 Å². The number of carbonyl (C=O) groups is 1. The van der Waals surface area contributed by atoms with Gasteiger partial charge in [-0.15, -0.1) is 0 Å². The van der Waals surface area contributed by atoms with Crippen molar-refractivity contribution in [2.75, 3.05) is 5.32 Å². The summed E-state index contributed by atoms with van der Waals surface area (Å²) in [6.07, 6.45) is 0. The molecule has 2 aromatic carbocycles. The lowest BCUT2D eigenvalue weighted by Gasteiger charge is -2.10. The highest BCUT2D eigenvalue weighted by Gasteiger charge is 2.12. The summed E-state index contributed by atoms with van der Waals surface area (Å²) in [4.78, 5) is 12.1.